The lowest BCUT2D eigenvalue weighted by molar-refractivity contribution is -0.128. The Morgan fingerprint density at radius 1 is 1.30 bits per heavy atom. The summed E-state index contributed by atoms with van der Waals surface area (Å²) in [7, 11) is 0. The zero-order valence-corrected chi connectivity index (χ0v) is 13.4. The van der Waals surface area contributed by atoms with E-state index in [1.165, 1.54) is 6.42 Å². The molecule has 0 aromatic heterocycles. The molecular weight excluding hydrogens is 252 g/mol. The van der Waals surface area contributed by atoms with E-state index >= 15 is 0 Å². The maximum atomic E-state index is 12.5. The minimum absolute atomic E-state index is 0.0296. The van der Waals surface area contributed by atoms with Gasteiger partial charge in [-0.15, -0.1) is 0 Å². The molecule has 2 atom stereocenters. The van der Waals surface area contributed by atoms with Gasteiger partial charge >= 0.3 is 0 Å². The van der Waals surface area contributed by atoms with Crippen molar-refractivity contribution >= 4 is 12.3 Å². The molecule has 1 rings (SSSR count). The van der Waals surface area contributed by atoms with Crippen LogP contribution in [0.2, 0.25) is 0 Å². The van der Waals surface area contributed by atoms with E-state index in [0.29, 0.717) is 6.41 Å². The summed E-state index contributed by atoms with van der Waals surface area (Å²) in [4.78, 5) is 23.3. The van der Waals surface area contributed by atoms with E-state index in [-0.39, 0.29) is 29.3 Å². The van der Waals surface area contributed by atoms with Crippen LogP contribution < -0.4 is 10.6 Å². The first kappa shape index (κ1) is 17.0. The van der Waals surface area contributed by atoms with Gasteiger partial charge < -0.3 is 10.6 Å². The van der Waals surface area contributed by atoms with Gasteiger partial charge in [-0.05, 0) is 37.5 Å². The van der Waals surface area contributed by atoms with E-state index in [4.69, 9.17) is 0 Å². The second-order valence-corrected chi connectivity index (χ2v) is 6.73. The van der Waals surface area contributed by atoms with Crippen molar-refractivity contribution in [3.63, 3.8) is 0 Å². The van der Waals surface area contributed by atoms with Crippen molar-refractivity contribution in [1.82, 2.24) is 10.6 Å². The number of carbonyl (C=O) groups excluding carboxylic acids is 2. The number of amides is 2. The minimum atomic E-state index is -0.372. The SMILES string of the molecule is CCC(C)(C)C(C)NC(=O)[C@@H](NC=O)C1CCCCC1. The minimum Gasteiger partial charge on any atom is -0.351 e. The van der Waals surface area contributed by atoms with Crippen LogP contribution in [0.25, 0.3) is 0 Å². The lowest BCUT2D eigenvalue weighted by Crippen LogP contribution is -2.53. The quantitative estimate of drug-likeness (QED) is 0.705. The Kier molecular flexibility index (Phi) is 6.50. The lowest BCUT2D eigenvalue weighted by atomic mass is 9.81. The van der Waals surface area contributed by atoms with Crippen LogP contribution in [0.15, 0.2) is 0 Å². The fourth-order valence-electron chi connectivity index (χ4n) is 2.77. The Bertz CT molecular complexity index is 322. The van der Waals surface area contributed by atoms with Crippen molar-refractivity contribution in [2.75, 3.05) is 0 Å². The predicted octanol–water partition coefficient (Wildman–Crippen LogP) is 2.62. The van der Waals surface area contributed by atoms with Crippen LogP contribution in [-0.2, 0) is 9.59 Å². The fraction of sp³-hybridized carbons (Fsp3) is 0.875. The van der Waals surface area contributed by atoms with Crippen molar-refractivity contribution in [3.8, 4) is 0 Å². The number of rotatable bonds is 7. The van der Waals surface area contributed by atoms with Crippen LogP contribution in [0.3, 0.4) is 0 Å². The fourth-order valence-corrected chi connectivity index (χ4v) is 2.77. The molecule has 0 aromatic carbocycles. The molecule has 0 aliphatic heterocycles. The molecule has 0 saturated heterocycles. The van der Waals surface area contributed by atoms with Crippen molar-refractivity contribution < 1.29 is 9.59 Å². The highest BCUT2D eigenvalue weighted by Gasteiger charge is 2.32. The van der Waals surface area contributed by atoms with Crippen LogP contribution in [0.5, 0.6) is 0 Å². The highest BCUT2D eigenvalue weighted by molar-refractivity contribution is 5.84. The number of hydrogen-bond acceptors (Lipinski definition) is 2. The molecule has 4 nitrogen and oxygen atoms in total. The molecule has 1 aliphatic rings. The van der Waals surface area contributed by atoms with Gasteiger partial charge in [0, 0.05) is 6.04 Å². The third-order valence-corrected chi connectivity index (χ3v) is 5.09. The van der Waals surface area contributed by atoms with Crippen molar-refractivity contribution in [1.29, 1.82) is 0 Å². The average molecular weight is 282 g/mol. The standard InChI is InChI=1S/C16H30N2O2/c1-5-16(3,4)12(2)18-15(20)14(17-11-19)13-9-7-6-8-10-13/h11-14H,5-10H2,1-4H3,(H,17,19)(H,18,20)/t12?,14-/m0/s1. The summed E-state index contributed by atoms with van der Waals surface area (Å²) in [5, 5.41) is 5.83. The maximum absolute atomic E-state index is 12.5. The second kappa shape index (κ2) is 7.65. The summed E-state index contributed by atoms with van der Waals surface area (Å²) in [5.74, 6) is 0.254. The van der Waals surface area contributed by atoms with Gasteiger partial charge in [-0.1, -0.05) is 40.0 Å². The van der Waals surface area contributed by atoms with Crippen molar-refractivity contribution in [2.24, 2.45) is 11.3 Å². The zero-order valence-electron chi connectivity index (χ0n) is 13.4. The second-order valence-electron chi connectivity index (χ2n) is 6.73. The van der Waals surface area contributed by atoms with Crippen LogP contribution in [0, 0.1) is 11.3 Å². The lowest BCUT2D eigenvalue weighted by Gasteiger charge is -2.34. The Morgan fingerprint density at radius 2 is 1.90 bits per heavy atom. The van der Waals surface area contributed by atoms with E-state index < -0.39 is 0 Å². The maximum Gasteiger partial charge on any atom is 0.243 e. The normalized spacial score (nSPS) is 20.0. The topological polar surface area (TPSA) is 58.2 Å². The number of hydrogen-bond donors (Lipinski definition) is 2. The van der Waals surface area contributed by atoms with E-state index in [0.717, 1.165) is 32.1 Å². The molecule has 0 heterocycles. The van der Waals surface area contributed by atoms with Crippen LogP contribution in [0.4, 0.5) is 0 Å². The van der Waals surface area contributed by atoms with Gasteiger partial charge in [0.05, 0.1) is 0 Å². The smallest absolute Gasteiger partial charge is 0.243 e. The Morgan fingerprint density at radius 3 is 2.40 bits per heavy atom. The molecule has 1 saturated carbocycles. The summed E-state index contributed by atoms with van der Waals surface area (Å²) in [6.07, 6.45) is 7.29. The van der Waals surface area contributed by atoms with Crippen molar-refractivity contribution in [3.05, 3.63) is 0 Å². The molecular formula is C16H30N2O2. The molecule has 2 N–H and O–H groups in total. The zero-order chi connectivity index (χ0) is 15.2. The highest BCUT2D eigenvalue weighted by atomic mass is 16.2. The molecule has 116 valence electrons. The first-order valence-electron chi connectivity index (χ1n) is 7.92. The van der Waals surface area contributed by atoms with Crippen molar-refractivity contribution in [2.45, 2.75) is 78.3 Å². The summed E-state index contributed by atoms with van der Waals surface area (Å²) < 4.78 is 0. The molecule has 0 bridgehead atoms. The number of nitrogens with one attached hydrogen (secondary N) is 2. The monoisotopic (exact) mass is 282 g/mol. The van der Waals surface area contributed by atoms with E-state index in [1.54, 1.807) is 0 Å². The molecule has 0 radical (unpaired) electrons. The summed E-state index contributed by atoms with van der Waals surface area (Å²) >= 11 is 0. The first-order valence-corrected chi connectivity index (χ1v) is 7.92. The Hall–Kier alpha value is -1.06. The third-order valence-electron chi connectivity index (χ3n) is 5.09. The predicted molar refractivity (Wildman–Crippen MR) is 81.2 cm³/mol. The van der Waals surface area contributed by atoms with Crippen LogP contribution in [-0.4, -0.2) is 24.4 Å². The summed E-state index contributed by atoms with van der Waals surface area (Å²) in [6, 6.07) is -0.276. The first-order chi connectivity index (χ1) is 9.42. The van der Waals surface area contributed by atoms with Gasteiger partial charge in [0.15, 0.2) is 0 Å². The van der Waals surface area contributed by atoms with Crippen LogP contribution >= 0.6 is 0 Å². The third kappa shape index (κ3) is 4.50. The largest absolute Gasteiger partial charge is 0.351 e. The molecule has 1 aliphatic carbocycles. The van der Waals surface area contributed by atoms with Gasteiger partial charge in [-0.25, -0.2) is 0 Å². The molecule has 0 spiro atoms. The van der Waals surface area contributed by atoms with Gasteiger partial charge in [-0.2, -0.15) is 0 Å². The molecule has 20 heavy (non-hydrogen) atoms. The van der Waals surface area contributed by atoms with Gasteiger partial charge in [0.25, 0.3) is 0 Å². The molecule has 0 aromatic rings. The van der Waals surface area contributed by atoms with Gasteiger partial charge in [0.2, 0.25) is 12.3 Å². The molecule has 1 unspecified atom stereocenters. The molecule has 1 fully saturated rings. The molecule has 4 heteroatoms. The number of carbonyl (C=O) groups is 2. The van der Waals surface area contributed by atoms with E-state index in [2.05, 4.69) is 31.4 Å². The van der Waals surface area contributed by atoms with E-state index in [1.807, 2.05) is 6.92 Å². The Labute approximate surface area is 123 Å². The summed E-state index contributed by atoms with van der Waals surface area (Å²) in [5.41, 5.74) is 0.0634. The van der Waals surface area contributed by atoms with Gasteiger partial charge in [0.1, 0.15) is 6.04 Å². The van der Waals surface area contributed by atoms with Crippen LogP contribution in [0.1, 0.15) is 66.2 Å². The molecule has 2 amide bonds. The average Bonchev–Trinajstić information content (AvgIpc) is 2.45. The summed E-state index contributed by atoms with van der Waals surface area (Å²) in [6.45, 7) is 8.48. The Balaban J connectivity index is 2.66. The highest BCUT2D eigenvalue weighted by Crippen LogP contribution is 2.28. The van der Waals surface area contributed by atoms with E-state index in [9.17, 15) is 9.59 Å². The van der Waals surface area contributed by atoms with Gasteiger partial charge in [-0.3, -0.25) is 9.59 Å².